The molecule has 2 amide bonds. The largest absolute Gasteiger partial charge is 0.350 e. The molecule has 2 aromatic carbocycles. The number of carbonyl (C=O) groups is 2. The summed E-state index contributed by atoms with van der Waals surface area (Å²) in [6.07, 6.45) is 6.33. The first-order chi connectivity index (χ1) is 18.1. The van der Waals surface area contributed by atoms with E-state index in [9.17, 15) is 9.59 Å². The van der Waals surface area contributed by atoms with Gasteiger partial charge in [0.15, 0.2) is 6.29 Å². The number of rotatable bonds is 9. The molecule has 2 fully saturated rings. The van der Waals surface area contributed by atoms with Gasteiger partial charge in [-0.3, -0.25) is 9.59 Å². The number of benzene rings is 2. The molecule has 37 heavy (non-hydrogen) atoms. The number of hydrogen-bond donors (Lipinski definition) is 2. The predicted molar refractivity (Wildman–Crippen MR) is 148 cm³/mol. The summed E-state index contributed by atoms with van der Waals surface area (Å²) >= 11 is 1.58. The molecule has 0 aliphatic carbocycles. The smallest absolute Gasteiger partial charge is 0.276 e. The molecule has 7 nitrogen and oxygen atoms in total. The molecule has 2 aromatic rings. The minimum absolute atomic E-state index is 0.0110. The van der Waals surface area contributed by atoms with Crippen LogP contribution in [-0.4, -0.2) is 48.1 Å². The molecule has 1 atom stereocenters. The van der Waals surface area contributed by atoms with E-state index in [0.717, 1.165) is 62.9 Å². The maximum Gasteiger partial charge on any atom is 0.276 e. The van der Waals surface area contributed by atoms with Crippen LogP contribution in [0.5, 0.6) is 0 Å². The van der Waals surface area contributed by atoms with E-state index in [-0.39, 0.29) is 24.1 Å². The Morgan fingerprint density at radius 1 is 1.00 bits per heavy atom. The Morgan fingerprint density at radius 3 is 2.41 bits per heavy atom. The van der Waals surface area contributed by atoms with Gasteiger partial charge in [-0.1, -0.05) is 51.5 Å². The number of piperidine rings is 1. The standard InChI is InChI=1S/C27H35N3O4S.C2H6/c1-2-7-20-11-13-21(14-12-20)26(31)28-22-15-17-30(18-16-22)35-24-9-4-3-8-23(24)27(32)29-34-25-10-5-6-19-33-25;1-2/h3-4,8-9,11-14,22,25H,2,5-7,10,15-19H2,1H3,(H,28,31)(H,29,32);1-2H3. The number of ether oxygens (including phenoxy) is 1. The Labute approximate surface area is 225 Å². The lowest BCUT2D eigenvalue weighted by molar-refractivity contribution is -0.186. The highest BCUT2D eigenvalue weighted by molar-refractivity contribution is 7.97. The van der Waals surface area contributed by atoms with Crippen LogP contribution >= 0.6 is 11.9 Å². The summed E-state index contributed by atoms with van der Waals surface area (Å²) in [7, 11) is 0. The van der Waals surface area contributed by atoms with Crippen molar-refractivity contribution in [3.63, 3.8) is 0 Å². The van der Waals surface area contributed by atoms with E-state index in [1.165, 1.54) is 5.56 Å². The van der Waals surface area contributed by atoms with Gasteiger partial charge in [0.1, 0.15) is 0 Å². The molecular weight excluding hydrogens is 486 g/mol. The summed E-state index contributed by atoms with van der Waals surface area (Å²) in [5.74, 6) is -0.280. The molecule has 0 aromatic heterocycles. The second-order valence-electron chi connectivity index (χ2n) is 9.06. The summed E-state index contributed by atoms with van der Waals surface area (Å²) < 4.78 is 7.77. The van der Waals surface area contributed by atoms with Crippen LogP contribution in [0.15, 0.2) is 53.4 Å². The van der Waals surface area contributed by atoms with Gasteiger partial charge in [-0.15, -0.1) is 0 Å². The highest BCUT2D eigenvalue weighted by atomic mass is 32.2. The Kier molecular flexibility index (Phi) is 12.4. The quantitative estimate of drug-likeness (QED) is 0.319. The number of nitrogens with one attached hydrogen (secondary N) is 2. The highest BCUT2D eigenvalue weighted by Crippen LogP contribution is 2.29. The van der Waals surface area contributed by atoms with Gasteiger partial charge < -0.3 is 10.1 Å². The minimum Gasteiger partial charge on any atom is -0.350 e. The van der Waals surface area contributed by atoms with Crippen LogP contribution < -0.4 is 10.8 Å². The van der Waals surface area contributed by atoms with E-state index in [0.29, 0.717) is 17.7 Å². The van der Waals surface area contributed by atoms with Crippen LogP contribution in [0.1, 0.15) is 85.6 Å². The van der Waals surface area contributed by atoms with Crippen LogP contribution in [0, 0.1) is 0 Å². The fraction of sp³-hybridized carbons (Fsp3) is 0.517. The van der Waals surface area contributed by atoms with Crippen LogP contribution in [0.2, 0.25) is 0 Å². The van der Waals surface area contributed by atoms with Gasteiger partial charge in [-0.25, -0.2) is 14.6 Å². The van der Waals surface area contributed by atoms with Crippen LogP contribution in [-0.2, 0) is 16.0 Å². The SMILES string of the molecule is CC.CCCc1ccc(C(=O)NC2CCN(Sc3ccccc3C(=O)NOC3CCCCO3)CC2)cc1. The summed E-state index contributed by atoms with van der Waals surface area (Å²) in [5, 5.41) is 3.18. The molecular formula is C29H41N3O4S. The van der Waals surface area contributed by atoms with E-state index in [4.69, 9.17) is 9.57 Å². The predicted octanol–water partition coefficient (Wildman–Crippen LogP) is 5.75. The fourth-order valence-electron chi connectivity index (χ4n) is 4.32. The van der Waals surface area contributed by atoms with Gasteiger partial charge in [0, 0.05) is 42.6 Å². The average molecular weight is 528 g/mol. The molecule has 0 radical (unpaired) electrons. The molecule has 1 unspecified atom stereocenters. The van der Waals surface area contributed by atoms with E-state index in [1.54, 1.807) is 11.9 Å². The Hall–Kier alpha value is -2.39. The van der Waals surface area contributed by atoms with Crippen molar-refractivity contribution in [1.82, 2.24) is 15.1 Å². The van der Waals surface area contributed by atoms with Crippen molar-refractivity contribution in [2.45, 2.75) is 82.9 Å². The lowest BCUT2D eigenvalue weighted by Crippen LogP contribution is -2.42. The number of aryl methyl sites for hydroxylation is 1. The third-order valence-electron chi connectivity index (χ3n) is 6.32. The van der Waals surface area contributed by atoms with Gasteiger partial charge >= 0.3 is 0 Å². The molecule has 2 N–H and O–H groups in total. The van der Waals surface area contributed by atoms with E-state index in [1.807, 2.05) is 62.4 Å². The zero-order valence-electron chi connectivity index (χ0n) is 22.3. The van der Waals surface area contributed by atoms with E-state index in [2.05, 4.69) is 22.0 Å². The summed E-state index contributed by atoms with van der Waals surface area (Å²) in [5.41, 5.74) is 5.11. The maximum atomic E-state index is 12.7. The lowest BCUT2D eigenvalue weighted by atomic mass is 10.0. The van der Waals surface area contributed by atoms with Gasteiger partial charge in [0.05, 0.1) is 5.56 Å². The van der Waals surface area contributed by atoms with Crippen molar-refractivity contribution < 1.29 is 19.2 Å². The van der Waals surface area contributed by atoms with Gasteiger partial charge in [-0.05, 0) is 73.9 Å². The van der Waals surface area contributed by atoms with E-state index < -0.39 is 0 Å². The monoisotopic (exact) mass is 527 g/mol. The summed E-state index contributed by atoms with van der Waals surface area (Å²) in [6, 6.07) is 15.6. The van der Waals surface area contributed by atoms with Crippen molar-refractivity contribution >= 4 is 23.8 Å². The second kappa shape index (κ2) is 15.8. The number of nitrogens with zero attached hydrogens (tertiary/aromatic N) is 1. The second-order valence-corrected chi connectivity index (χ2v) is 10.2. The third-order valence-corrected chi connectivity index (χ3v) is 7.50. The van der Waals surface area contributed by atoms with Crippen molar-refractivity contribution in [2.75, 3.05) is 19.7 Å². The molecule has 0 bridgehead atoms. The topological polar surface area (TPSA) is 79.9 Å². The molecule has 4 rings (SSSR count). The first-order valence-corrected chi connectivity index (χ1v) is 14.4. The van der Waals surface area contributed by atoms with Crippen molar-refractivity contribution in [1.29, 1.82) is 0 Å². The molecule has 2 saturated heterocycles. The first kappa shape index (κ1) is 29.2. The molecule has 2 aliphatic heterocycles. The number of amides is 2. The highest BCUT2D eigenvalue weighted by Gasteiger charge is 2.24. The van der Waals surface area contributed by atoms with E-state index >= 15 is 0 Å². The van der Waals surface area contributed by atoms with Crippen molar-refractivity contribution in [3.05, 3.63) is 65.2 Å². The number of hydrogen-bond acceptors (Lipinski definition) is 6. The number of carbonyl (C=O) groups excluding carboxylic acids is 2. The van der Waals surface area contributed by atoms with Gasteiger partial charge in [0.25, 0.3) is 11.8 Å². The first-order valence-electron chi connectivity index (χ1n) is 13.6. The minimum atomic E-state index is -0.379. The molecule has 8 heteroatoms. The summed E-state index contributed by atoms with van der Waals surface area (Å²) in [6.45, 7) is 8.47. The molecule has 2 heterocycles. The fourth-order valence-corrected chi connectivity index (χ4v) is 5.39. The number of hydroxylamine groups is 1. The van der Waals surface area contributed by atoms with Crippen molar-refractivity contribution in [3.8, 4) is 0 Å². The Balaban J connectivity index is 0.00000186. The van der Waals surface area contributed by atoms with Crippen LogP contribution in [0.4, 0.5) is 0 Å². The average Bonchev–Trinajstić information content (AvgIpc) is 2.95. The Morgan fingerprint density at radius 2 is 1.73 bits per heavy atom. The lowest BCUT2D eigenvalue weighted by Gasteiger charge is -2.31. The molecule has 2 aliphatic rings. The molecule has 202 valence electrons. The van der Waals surface area contributed by atoms with Gasteiger partial charge in [-0.2, -0.15) is 0 Å². The zero-order valence-corrected chi connectivity index (χ0v) is 23.1. The molecule has 0 saturated carbocycles. The third kappa shape index (κ3) is 9.14. The Bertz CT molecular complexity index is 971. The van der Waals surface area contributed by atoms with Gasteiger partial charge in [0.2, 0.25) is 0 Å². The normalized spacial score (nSPS) is 18.4. The molecule has 0 spiro atoms. The zero-order chi connectivity index (χ0) is 26.5. The maximum absolute atomic E-state index is 12.7. The summed E-state index contributed by atoms with van der Waals surface area (Å²) in [4.78, 5) is 31.7. The van der Waals surface area contributed by atoms with Crippen LogP contribution in [0.25, 0.3) is 0 Å². The van der Waals surface area contributed by atoms with Crippen molar-refractivity contribution in [2.24, 2.45) is 0 Å². The van der Waals surface area contributed by atoms with Crippen LogP contribution in [0.3, 0.4) is 0 Å².